The van der Waals surface area contributed by atoms with Gasteiger partial charge in [0.15, 0.2) is 5.75 Å². The first-order valence-electron chi connectivity index (χ1n) is 6.56. The zero-order valence-corrected chi connectivity index (χ0v) is 11.6. The van der Waals surface area contributed by atoms with Crippen molar-refractivity contribution < 1.29 is 19.6 Å². The molecule has 114 valence electrons. The Balaban J connectivity index is 2.28. The van der Waals surface area contributed by atoms with Crippen LogP contribution in [0.4, 0.5) is 11.4 Å². The predicted octanol–water partition coefficient (Wildman–Crippen LogP) is 0.986. The van der Waals surface area contributed by atoms with Crippen LogP contribution in [0.5, 0.6) is 5.75 Å². The summed E-state index contributed by atoms with van der Waals surface area (Å²) in [6.45, 7) is 2.68. The molecule has 1 heterocycles. The van der Waals surface area contributed by atoms with Crippen molar-refractivity contribution in [2.24, 2.45) is 5.73 Å². The number of carboxylic acid groups (broad SMARTS) is 1. The van der Waals surface area contributed by atoms with Gasteiger partial charge in [-0.2, -0.15) is 0 Å². The summed E-state index contributed by atoms with van der Waals surface area (Å²) < 4.78 is 5.28. The second kappa shape index (κ2) is 5.57. The fraction of sp³-hybridized carbons (Fsp3) is 0.462. The molecule has 8 nitrogen and oxygen atoms in total. The molecule has 1 aromatic carbocycles. The van der Waals surface area contributed by atoms with E-state index in [2.05, 4.69) is 0 Å². The molecule has 2 rings (SSSR count). The molecule has 0 amide bonds. The molecule has 0 bridgehead atoms. The highest BCUT2D eigenvalue weighted by Gasteiger charge is 2.41. The van der Waals surface area contributed by atoms with E-state index in [1.54, 1.807) is 24.0 Å². The largest absolute Gasteiger partial charge is 0.487 e. The molecule has 0 aromatic heterocycles. The van der Waals surface area contributed by atoms with Crippen molar-refractivity contribution in [1.82, 2.24) is 0 Å². The van der Waals surface area contributed by atoms with E-state index in [-0.39, 0.29) is 18.0 Å². The highest BCUT2D eigenvalue weighted by Crippen LogP contribution is 2.34. The number of nitrogens with two attached hydrogens (primary N) is 1. The quantitative estimate of drug-likeness (QED) is 0.614. The minimum Gasteiger partial charge on any atom is -0.487 e. The van der Waals surface area contributed by atoms with Crippen molar-refractivity contribution in [3.63, 3.8) is 0 Å². The molecule has 0 radical (unpaired) electrons. The second-order valence-electron chi connectivity index (χ2n) is 4.97. The number of rotatable bonds is 5. The number of ether oxygens (including phenoxy) is 1. The van der Waals surface area contributed by atoms with Crippen LogP contribution < -0.4 is 15.4 Å². The molecule has 3 N–H and O–H groups in total. The predicted molar refractivity (Wildman–Crippen MR) is 75.6 cm³/mol. The number of nitrogens with zero attached hydrogens (tertiary/aromatic N) is 2. The molecule has 1 atom stereocenters. The number of nitro groups is 1. The van der Waals surface area contributed by atoms with Gasteiger partial charge in [-0.25, -0.2) is 0 Å². The number of anilines is 1. The average Bonchev–Trinajstić information content (AvgIpc) is 2.83. The summed E-state index contributed by atoms with van der Waals surface area (Å²) >= 11 is 0. The minimum atomic E-state index is -1.28. The summed E-state index contributed by atoms with van der Waals surface area (Å²) in [5, 5.41) is 20.1. The van der Waals surface area contributed by atoms with Gasteiger partial charge in [-0.15, -0.1) is 0 Å². The summed E-state index contributed by atoms with van der Waals surface area (Å²) in [5.74, 6) is -0.873. The Morgan fingerprint density at radius 1 is 1.62 bits per heavy atom. The maximum atomic E-state index is 11.1. The van der Waals surface area contributed by atoms with Gasteiger partial charge < -0.3 is 20.5 Å². The van der Waals surface area contributed by atoms with Gasteiger partial charge >= 0.3 is 11.7 Å². The zero-order valence-electron chi connectivity index (χ0n) is 11.6. The molecule has 1 fully saturated rings. The first-order valence-corrected chi connectivity index (χ1v) is 6.56. The van der Waals surface area contributed by atoms with E-state index < -0.39 is 16.4 Å². The average molecular weight is 295 g/mol. The first kappa shape index (κ1) is 15.0. The monoisotopic (exact) mass is 295 g/mol. The number of carboxylic acids is 1. The van der Waals surface area contributed by atoms with Gasteiger partial charge in [-0.1, -0.05) is 0 Å². The maximum absolute atomic E-state index is 11.1. The van der Waals surface area contributed by atoms with Crippen molar-refractivity contribution in [1.29, 1.82) is 0 Å². The van der Waals surface area contributed by atoms with Crippen LogP contribution in [0, 0.1) is 10.1 Å². The van der Waals surface area contributed by atoms with E-state index in [9.17, 15) is 14.9 Å². The van der Waals surface area contributed by atoms with Crippen LogP contribution >= 0.6 is 0 Å². The molecule has 1 aliphatic rings. The van der Waals surface area contributed by atoms with Gasteiger partial charge in [0.05, 0.1) is 11.5 Å². The van der Waals surface area contributed by atoms with Crippen LogP contribution in [0.15, 0.2) is 18.2 Å². The highest BCUT2D eigenvalue weighted by molar-refractivity contribution is 5.80. The Hall–Kier alpha value is -2.35. The van der Waals surface area contributed by atoms with Gasteiger partial charge in [0.1, 0.15) is 5.54 Å². The van der Waals surface area contributed by atoms with Crippen molar-refractivity contribution in [2.45, 2.75) is 18.9 Å². The van der Waals surface area contributed by atoms with E-state index >= 15 is 0 Å². The third-order valence-electron chi connectivity index (χ3n) is 3.53. The van der Waals surface area contributed by atoms with Crippen LogP contribution in [-0.4, -0.2) is 41.2 Å². The SMILES string of the molecule is CCOc1cc(N2CCC(N)(C(=O)O)C2)ccc1[N+](=O)[O-]. The lowest BCUT2D eigenvalue weighted by Gasteiger charge is -2.22. The molecular weight excluding hydrogens is 278 g/mol. The summed E-state index contributed by atoms with van der Waals surface area (Å²) in [5.41, 5.74) is 5.09. The van der Waals surface area contributed by atoms with Gasteiger partial charge in [-0.05, 0) is 19.4 Å². The molecule has 1 saturated heterocycles. The van der Waals surface area contributed by atoms with Gasteiger partial charge in [-0.3, -0.25) is 14.9 Å². The Morgan fingerprint density at radius 2 is 2.33 bits per heavy atom. The lowest BCUT2D eigenvalue weighted by molar-refractivity contribution is -0.385. The Kier molecular flexibility index (Phi) is 3.99. The highest BCUT2D eigenvalue weighted by atomic mass is 16.6. The summed E-state index contributed by atoms with van der Waals surface area (Å²) in [6, 6.07) is 4.49. The molecule has 8 heteroatoms. The van der Waals surface area contributed by atoms with E-state index in [4.69, 9.17) is 15.6 Å². The summed E-state index contributed by atoms with van der Waals surface area (Å²) in [4.78, 5) is 23.4. The number of hydrogen-bond acceptors (Lipinski definition) is 6. The Labute approximate surface area is 121 Å². The normalized spacial score (nSPS) is 21.3. The van der Waals surface area contributed by atoms with Crippen LogP contribution in [0.25, 0.3) is 0 Å². The van der Waals surface area contributed by atoms with E-state index in [1.807, 2.05) is 0 Å². The molecule has 1 aliphatic heterocycles. The summed E-state index contributed by atoms with van der Waals surface area (Å²) in [6.07, 6.45) is 0.323. The van der Waals surface area contributed by atoms with Gasteiger partial charge in [0.25, 0.3) is 0 Å². The topological polar surface area (TPSA) is 119 Å². The molecule has 0 saturated carbocycles. The molecule has 1 unspecified atom stereocenters. The number of hydrogen-bond donors (Lipinski definition) is 2. The molecule has 0 aliphatic carbocycles. The summed E-state index contributed by atoms with van der Waals surface area (Å²) in [7, 11) is 0. The maximum Gasteiger partial charge on any atom is 0.325 e. The van der Waals surface area contributed by atoms with Crippen molar-refractivity contribution in [3.05, 3.63) is 28.3 Å². The zero-order chi connectivity index (χ0) is 15.6. The lowest BCUT2D eigenvalue weighted by atomic mass is 10.0. The van der Waals surface area contributed by atoms with Gasteiger partial charge in [0.2, 0.25) is 0 Å². The lowest BCUT2D eigenvalue weighted by Crippen LogP contribution is -2.50. The standard InChI is InChI=1S/C13H17N3O5/c1-2-21-11-7-9(3-4-10(11)16(19)20)15-6-5-13(14,8-15)12(17)18/h3-4,7H,2,5-6,8,14H2,1H3,(H,17,18). The molecule has 0 spiro atoms. The van der Waals surface area contributed by atoms with Crippen molar-refractivity contribution in [2.75, 3.05) is 24.6 Å². The third kappa shape index (κ3) is 2.89. The van der Waals surface area contributed by atoms with E-state index in [0.717, 1.165) is 0 Å². The first-order chi connectivity index (χ1) is 9.87. The number of nitro benzene ring substituents is 1. The fourth-order valence-corrected chi connectivity index (χ4v) is 2.35. The Bertz CT molecular complexity index is 577. The van der Waals surface area contributed by atoms with Crippen LogP contribution in [0.1, 0.15) is 13.3 Å². The van der Waals surface area contributed by atoms with E-state index in [0.29, 0.717) is 25.3 Å². The molecule has 21 heavy (non-hydrogen) atoms. The van der Waals surface area contributed by atoms with Crippen molar-refractivity contribution >= 4 is 17.3 Å². The number of aliphatic carboxylic acids is 1. The minimum absolute atomic E-state index is 0.114. The number of benzene rings is 1. The van der Waals surface area contributed by atoms with Crippen LogP contribution in [0.3, 0.4) is 0 Å². The van der Waals surface area contributed by atoms with Crippen LogP contribution in [-0.2, 0) is 4.79 Å². The van der Waals surface area contributed by atoms with E-state index in [1.165, 1.54) is 6.07 Å². The van der Waals surface area contributed by atoms with Crippen molar-refractivity contribution in [3.8, 4) is 5.75 Å². The number of carbonyl (C=O) groups is 1. The molecular formula is C13H17N3O5. The molecule has 1 aromatic rings. The van der Waals surface area contributed by atoms with Gasteiger partial charge in [0, 0.05) is 30.9 Å². The second-order valence-corrected chi connectivity index (χ2v) is 4.97. The smallest absolute Gasteiger partial charge is 0.325 e. The Morgan fingerprint density at radius 3 is 2.86 bits per heavy atom. The third-order valence-corrected chi connectivity index (χ3v) is 3.53. The fourth-order valence-electron chi connectivity index (χ4n) is 2.35. The van der Waals surface area contributed by atoms with Crippen LogP contribution in [0.2, 0.25) is 0 Å².